The van der Waals surface area contributed by atoms with E-state index in [2.05, 4.69) is 15.3 Å². The van der Waals surface area contributed by atoms with Crippen LogP contribution in [0.25, 0.3) is 0 Å². The molecule has 2 atom stereocenters. The second kappa shape index (κ2) is 5.01. The number of alkyl halides is 1. The van der Waals surface area contributed by atoms with Crippen molar-refractivity contribution < 1.29 is 4.74 Å². The van der Waals surface area contributed by atoms with E-state index in [9.17, 15) is 0 Å². The molecule has 82 valence electrons. The maximum atomic E-state index is 6.05. The number of nitrogens with one attached hydrogen (secondary N) is 1. The van der Waals surface area contributed by atoms with Crippen molar-refractivity contribution in [2.24, 2.45) is 0 Å². The summed E-state index contributed by atoms with van der Waals surface area (Å²) in [6.45, 7) is 1.20. The van der Waals surface area contributed by atoms with Gasteiger partial charge in [-0.2, -0.15) is 0 Å². The van der Waals surface area contributed by atoms with Crippen LogP contribution in [0.4, 0.5) is 5.95 Å². The van der Waals surface area contributed by atoms with Gasteiger partial charge in [-0.15, -0.1) is 23.4 Å². The van der Waals surface area contributed by atoms with Gasteiger partial charge in [-0.1, -0.05) is 0 Å². The second-order valence-corrected chi connectivity index (χ2v) is 4.61. The smallest absolute Gasteiger partial charge is 0.224 e. The summed E-state index contributed by atoms with van der Waals surface area (Å²) < 4.78 is 5.24. The summed E-state index contributed by atoms with van der Waals surface area (Å²) >= 11 is 7.64. The molecule has 2 heterocycles. The Kier molecular flexibility index (Phi) is 3.66. The first-order chi connectivity index (χ1) is 7.29. The van der Waals surface area contributed by atoms with Gasteiger partial charge in [-0.3, -0.25) is 0 Å². The SMILES string of the molecule is CSc1ccnc(NC2COCC2Cl)n1. The Balaban J connectivity index is 2.03. The molecule has 2 unspecified atom stereocenters. The lowest BCUT2D eigenvalue weighted by atomic mass is 10.2. The quantitative estimate of drug-likeness (QED) is 0.498. The molecule has 0 aromatic carbocycles. The predicted molar refractivity (Wildman–Crippen MR) is 61.7 cm³/mol. The average Bonchev–Trinajstić information content (AvgIpc) is 2.65. The van der Waals surface area contributed by atoms with Crippen molar-refractivity contribution in [3.8, 4) is 0 Å². The molecule has 1 aliphatic heterocycles. The highest BCUT2D eigenvalue weighted by atomic mass is 35.5. The van der Waals surface area contributed by atoms with Crippen LogP contribution >= 0.6 is 23.4 Å². The molecule has 2 rings (SSSR count). The Morgan fingerprint density at radius 1 is 1.60 bits per heavy atom. The zero-order valence-electron chi connectivity index (χ0n) is 8.31. The Morgan fingerprint density at radius 3 is 3.13 bits per heavy atom. The maximum absolute atomic E-state index is 6.05. The van der Waals surface area contributed by atoms with Gasteiger partial charge < -0.3 is 10.1 Å². The largest absolute Gasteiger partial charge is 0.378 e. The summed E-state index contributed by atoms with van der Waals surface area (Å²) in [5.41, 5.74) is 0. The van der Waals surface area contributed by atoms with E-state index in [1.54, 1.807) is 18.0 Å². The lowest BCUT2D eigenvalue weighted by Crippen LogP contribution is -2.29. The fourth-order valence-corrected chi connectivity index (χ4v) is 1.95. The monoisotopic (exact) mass is 245 g/mol. The van der Waals surface area contributed by atoms with Gasteiger partial charge in [-0.25, -0.2) is 9.97 Å². The van der Waals surface area contributed by atoms with Crippen LogP contribution in [0.15, 0.2) is 17.3 Å². The molecule has 0 amide bonds. The summed E-state index contributed by atoms with van der Waals surface area (Å²) in [6, 6.07) is 1.97. The second-order valence-electron chi connectivity index (χ2n) is 3.23. The van der Waals surface area contributed by atoms with Crippen LogP contribution in [0.3, 0.4) is 0 Å². The fourth-order valence-electron chi connectivity index (χ4n) is 1.35. The van der Waals surface area contributed by atoms with E-state index in [-0.39, 0.29) is 11.4 Å². The minimum atomic E-state index is -0.00784. The molecule has 1 aromatic heterocycles. The number of aromatic nitrogens is 2. The molecule has 15 heavy (non-hydrogen) atoms. The fraction of sp³-hybridized carbons (Fsp3) is 0.556. The third-order valence-corrected chi connectivity index (χ3v) is 3.24. The first kappa shape index (κ1) is 11.0. The first-order valence-corrected chi connectivity index (χ1v) is 6.31. The Morgan fingerprint density at radius 2 is 2.47 bits per heavy atom. The molecule has 1 aromatic rings. The van der Waals surface area contributed by atoms with Crippen molar-refractivity contribution in [1.29, 1.82) is 0 Å². The molecular formula is C9H12ClN3OS. The van der Waals surface area contributed by atoms with Crippen LogP contribution in [-0.4, -0.2) is 40.9 Å². The average molecular weight is 246 g/mol. The molecule has 1 aliphatic rings. The highest BCUT2D eigenvalue weighted by molar-refractivity contribution is 7.98. The highest BCUT2D eigenvalue weighted by Gasteiger charge is 2.26. The molecule has 0 aliphatic carbocycles. The van der Waals surface area contributed by atoms with E-state index < -0.39 is 0 Å². The van der Waals surface area contributed by atoms with Gasteiger partial charge in [-0.05, 0) is 12.3 Å². The summed E-state index contributed by atoms with van der Waals surface area (Å²) in [5, 5.41) is 4.11. The van der Waals surface area contributed by atoms with Crippen molar-refractivity contribution >= 4 is 29.3 Å². The Labute approximate surface area is 97.8 Å². The molecule has 0 saturated carbocycles. The van der Waals surface area contributed by atoms with E-state index in [4.69, 9.17) is 16.3 Å². The van der Waals surface area contributed by atoms with Gasteiger partial charge in [0.25, 0.3) is 0 Å². The van der Waals surface area contributed by atoms with E-state index in [0.717, 1.165) is 5.03 Å². The van der Waals surface area contributed by atoms with Crippen LogP contribution in [0.1, 0.15) is 0 Å². The van der Waals surface area contributed by atoms with Crippen LogP contribution in [0.5, 0.6) is 0 Å². The Bertz CT molecular complexity index is 339. The Hall–Kier alpha value is -0.520. The zero-order valence-corrected chi connectivity index (χ0v) is 9.88. The first-order valence-electron chi connectivity index (χ1n) is 4.65. The molecular weight excluding hydrogens is 234 g/mol. The van der Waals surface area contributed by atoms with Gasteiger partial charge in [0.05, 0.1) is 24.6 Å². The van der Waals surface area contributed by atoms with E-state index in [1.165, 1.54) is 0 Å². The number of halogens is 1. The van der Waals surface area contributed by atoms with Gasteiger partial charge in [0.1, 0.15) is 5.03 Å². The molecule has 4 nitrogen and oxygen atoms in total. The third kappa shape index (κ3) is 2.74. The number of hydrogen-bond donors (Lipinski definition) is 1. The van der Waals surface area contributed by atoms with E-state index >= 15 is 0 Å². The molecule has 0 bridgehead atoms. The van der Waals surface area contributed by atoms with Crippen molar-refractivity contribution in [2.75, 3.05) is 24.8 Å². The standard InChI is InChI=1S/C9H12ClN3OS/c1-15-8-2-3-11-9(13-8)12-7-5-14-4-6(7)10/h2-3,6-7H,4-5H2,1H3,(H,11,12,13). The predicted octanol–water partition coefficient (Wildman–Crippen LogP) is 1.62. The lowest BCUT2D eigenvalue weighted by Gasteiger charge is -2.13. The zero-order chi connectivity index (χ0) is 10.7. The summed E-state index contributed by atoms with van der Waals surface area (Å²) in [6.07, 6.45) is 3.72. The van der Waals surface area contributed by atoms with Crippen LogP contribution in [-0.2, 0) is 4.74 Å². The van der Waals surface area contributed by atoms with Gasteiger partial charge in [0.15, 0.2) is 0 Å². The molecule has 0 spiro atoms. The molecule has 0 radical (unpaired) electrons. The summed E-state index contributed by atoms with van der Waals surface area (Å²) in [7, 11) is 0. The number of thioether (sulfide) groups is 1. The molecule has 1 saturated heterocycles. The van der Waals surface area contributed by atoms with Crippen LogP contribution in [0, 0.1) is 0 Å². The minimum Gasteiger partial charge on any atom is -0.378 e. The van der Waals surface area contributed by atoms with Crippen molar-refractivity contribution in [1.82, 2.24) is 9.97 Å². The van der Waals surface area contributed by atoms with Crippen molar-refractivity contribution in [3.63, 3.8) is 0 Å². The third-order valence-electron chi connectivity index (χ3n) is 2.16. The number of anilines is 1. The maximum Gasteiger partial charge on any atom is 0.224 e. The van der Waals surface area contributed by atoms with E-state index in [1.807, 2.05) is 12.3 Å². The summed E-state index contributed by atoms with van der Waals surface area (Å²) in [4.78, 5) is 8.45. The normalized spacial score (nSPS) is 25.5. The molecule has 1 fully saturated rings. The molecule has 1 N–H and O–H groups in total. The number of hydrogen-bond acceptors (Lipinski definition) is 5. The minimum absolute atomic E-state index is 0.00784. The van der Waals surface area contributed by atoms with Crippen LogP contribution < -0.4 is 5.32 Å². The van der Waals surface area contributed by atoms with Crippen LogP contribution in [0.2, 0.25) is 0 Å². The topological polar surface area (TPSA) is 47.0 Å². The number of nitrogens with zero attached hydrogens (tertiary/aromatic N) is 2. The van der Waals surface area contributed by atoms with Gasteiger partial charge in [0.2, 0.25) is 5.95 Å². The van der Waals surface area contributed by atoms with Gasteiger partial charge in [0, 0.05) is 6.20 Å². The molecule has 6 heteroatoms. The number of ether oxygens (including phenoxy) is 1. The van der Waals surface area contributed by atoms with E-state index in [0.29, 0.717) is 19.2 Å². The highest BCUT2D eigenvalue weighted by Crippen LogP contribution is 2.17. The number of rotatable bonds is 3. The summed E-state index contributed by atoms with van der Waals surface area (Å²) in [5.74, 6) is 0.614. The lowest BCUT2D eigenvalue weighted by molar-refractivity contribution is 0.196. The van der Waals surface area contributed by atoms with Gasteiger partial charge >= 0.3 is 0 Å². The van der Waals surface area contributed by atoms with Crippen molar-refractivity contribution in [2.45, 2.75) is 16.4 Å². The van der Waals surface area contributed by atoms with Crippen molar-refractivity contribution in [3.05, 3.63) is 12.3 Å².